The molecule has 1 aromatic carbocycles. The van der Waals surface area contributed by atoms with Crippen molar-refractivity contribution in [2.24, 2.45) is 10.7 Å². The highest BCUT2D eigenvalue weighted by molar-refractivity contribution is 5.82. The Morgan fingerprint density at radius 2 is 1.89 bits per heavy atom. The number of hydrogen-bond donors (Lipinski definition) is 4. The van der Waals surface area contributed by atoms with Crippen molar-refractivity contribution >= 4 is 5.84 Å². The molecule has 0 amide bonds. The molecular formula is C13H18N2O4. The zero-order valence-corrected chi connectivity index (χ0v) is 10.4. The van der Waals surface area contributed by atoms with Crippen molar-refractivity contribution in [1.29, 1.82) is 0 Å². The van der Waals surface area contributed by atoms with E-state index in [9.17, 15) is 15.3 Å². The SMILES string of the molecule is N/C(Cc1ccccc1)=N\[C@@H]1OC[C@@H](O)[C@H](O)[C@H]1O. The van der Waals surface area contributed by atoms with Gasteiger partial charge in [-0.3, -0.25) is 0 Å². The molecule has 4 atom stereocenters. The minimum Gasteiger partial charge on any atom is -0.388 e. The van der Waals surface area contributed by atoms with Crippen molar-refractivity contribution < 1.29 is 20.1 Å². The third-order valence-corrected chi connectivity index (χ3v) is 3.00. The molecule has 104 valence electrons. The Labute approximate surface area is 111 Å². The fraction of sp³-hybridized carbons (Fsp3) is 0.462. The molecule has 0 bridgehead atoms. The van der Waals surface area contributed by atoms with Crippen LogP contribution in [0.2, 0.25) is 0 Å². The van der Waals surface area contributed by atoms with Gasteiger partial charge >= 0.3 is 0 Å². The number of nitrogens with zero attached hydrogens (tertiary/aromatic N) is 1. The van der Waals surface area contributed by atoms with E-state index in [-0.39, 0.29) is 6.61 Å². The standard InChI is InChI=1S/C13H18N2O4/c14-10(6-8-4-2-1-3-5-8)15-13-12(18)11(17)9(16)7-19-13/h1-5,9,11-13,16-18H,6-7H2,(H2,14,15)/t9-,11+,12-,13-/m1/s1. The number of hydrogen-bond acceptors (Lipinski definition) is 5. The van der Waals surface area contributed by atoms with Gasteiger partial charge in [0, 0.05) is 6.42 Å². The number of rotatable bonds is 3. The molecule has 6 heteroatoms. The van der Waals surface area contributed by atoms with E-state index in [0.717, 1.165) is 5.56 Å². The van der Waals surface area contributed by atoms with Crippen LogP contribution in [0.15, 0.2) is 35.3 Å². The van der Waals surface area contributed by atoms with Crippen LogP contribution in [-0.2, 0) is 11.2 Å². The molecule has 1 aromatic rings. The molecular weight excluding hydrogens is 248 g/mol. The maximum atomic E-state index is 9.73. The number of aliphatic hydroxyl groups excluding tert-OH is 3. The highest BCUT2D eigenvalue weighted by atomic mass is 16.5. The van der Waals surface area contributed by atoms with Crippen LogP contribution < -0.4 is 5.73 Å². The Hall–Kier alpha value is -1.47. The lowest BCUT2D eigenvalue weighted by molar-refractivity contribution is -0.184. The first-order valence-corrected chi connectivity index (χ1v) is 6.10. The minimum absolute atomic E-state index is 0.0784. The van der Waals surface area contributed by atoms with Gasteiger partial charge in [0.2, 0.25) is 0 Å². The normalized spacial score (nSPS) is 32.3. The molecule has 1 aliphatic rings. The predicted molar refractivity (Wildman–Crippen MR) is 69.5 cm³/mol. The van der Waals surface area contributed by atoms with Gasteiger partial charge in [0.05, 0.1) is 6.61 Å². The van der Waals surface area contributed by atoms with Gasteiger partial charge in [-0.25, -0.2) is 4.99 Å². The van der Waals surface area contributed by atoms with Gasteiger partial charge in [0.1, 0.15) is 24.1 Å². The molecule has 0 unspecified atom stereocenters. The monoisotopic (exact) mass is 266 g/mol. The van der Waals surface area contributed by atoms with Crippen molar-refractivity contribution in [3.05, 3.63) is 35.9 Å². The average molecular weight is 266 g/mol. The third-order valence-electron chi connectivity index (χ3n) is 3.00. The first-order chi connectivity index (χ1) is 9.08. The summed E-state index contributed by atoms with van der Waals surface area (Å²) in [5.74, 6) is 0.304. The van der Waals surface area contributed by atoms with Gasteiger partial charge < -0.3 is 25.8 Å². The van der Waals surface area contributed by atoms with Crippen LogP contribution in [0.4, 0.5) is 0 Å². The van der Waals surface area contributed by atoms with Gasteiger partial charge in [-0.2, -0.15) is 0 Å². The molecule has 0 aliphatic carbocycles. The van der Waals surface area contributed by atoms with E-state index < -0.39 is 24.5 Å². The summed E-state index contributed by atoms with van der Waals surface area (Å²) in [5, 5.41) is 28.6. The first kappa shape index (κ1) is 14.0. The van der Waals surface area contributed by atoms with Crippen LogP contribution in [0.25, 0.3) is 0 Å². The first-order valence-electron chi connectivity index (χ1n) is 6.10. The molecule has 0 radical (unpaired) electrons. The number of aliphatic imine (C=N–C) groups is 1. The van der Waals surface area contributed by atoms with Crippen molar-refractivity contribution in [2.45, 2.75) is 31.0 Å². The van der Waals surface area contributed by atoms with Crippen LogP contribution in [0.5, 0.6) is 0 Å². The minimum atomic E-state index is -1.28. The van der Waals surface area contributed by atoms with E-state index >= 15 is 0 Å². The Bertz CT molecular complexity index is 438. The van der Waals surface area contributed by atoms with Gasteiger partial charge in [0.25, 0.3) is 0 Å². The fourth-order valence-corrected chi connectivity index (χ4v) is 1.92. The van der Waals surface area contributed by atoms with E-state index in [0.29, 0.717) is 12.3 Å². The van der Waals surface area contributed by atoms with E-state index in [1.807, 2.05) is 30.3 Å². The molecule has 0 saturated carbocycles. The number of ether oxygens (including phenoxy) is 1. The quantitative estimate of drug-likeness (QED) is 0.415. The second kappa shape index (κ2) is 6.12. The van der Waals surface area contributed by atoms with E-state index in [1.165, 1.54) is 0 Å². The molecule has 1 heterocycles. The summed E-state index contributed by atoms with van der Waals surface area (Å²) in [4.78, 5) is 4.05. The molecule has 19 heavy (non-hydrogen) atoms. The lowest BCUT2D eigenvalue weighted by Gasteiger charge is -2.33. The highest BCUT2D eigenvalue weighted by Gasteiger charge is 2.37. The van der Waals surface area contributed by atoms with Crippen molar-refractivity contribution in [1.82, 2.24) is 0 Å². The summed E-state index contributed by atoms with van der Waals surface area (Å²) in [6, 6.07) is 9.53. The molecule has 6 nitrogen and oxygen atoms in total. The van der Waals surface area contributed by atoms with Crippen LogP contribution in [0.3, 0.4) is 0 Å². The summed E-state index contributed by atoms with van der Waals surface area (Å²) in [6.07, 6.45) is -4.16. The second-order valence-electron chi connectivity index (χ2n) is 4.56. The molecule has 1 fully saturated rings. The molecule has 5 N–H and O–H groups in total. The maximum absolute atomic E-state index is 9.73. The number of amidine groups is 1. The van der Waals surface area contributed by atoms with Crippen molar-refractivity contribution in [3.63, 3.8) is 0 Å². The lowest BCUT2D eigenvalue weighted by atomic mass is 10.0. The summed E-state index contributed by atoms with van der Waals surface area (Å²) >= 11 is 0. The Balaban J connectivity index is 2.00. The van der Waals surface area contributed by atoms with Crippen LogP contribution >= 0.6 is 0 Å². The van der Waals surface area contributed by atoms with E-state index in [1.54, 1.807) is 0 Å². The molecule has 1 saturated heterocycles. The van der Waals surface area contributed by atoms with Gasteiger partial charge in [0.15, 0.2) is 6.23 Å². The smallest absolute Gasteiger partial charge is 0.178 e. The fourth-order valence-electron chi connectivity index (χ4n) is 1.92. The zero-order valence-electron chi connectivity index (χ0n) is 10.4. The van der Waals surface area contributed by atoms with Crippen LogP contribution in [0.1, 0.15) is 5.56 Å². The van der Waals surface area contributed by atoms with Gasteiger partial charge in [-0.1, -0.05) is 30.3 Å². The molecule has 2 rings (SSSR count). The molecule has 1 aliphatic heterocycles. The summed E-state index contributed by atoms with van der Waals surface area (Å²) in [6.45, 7) is -0.0784. The van der Waals surface area contributed by atoms with Gasteiger partial charge in [-0.05, 0) is 5.56 Å². The average Bonchev–Trinajstić information content (AvgIpc) is 2.41. The summed E-state index contributed by atoms with van der Waals surface area (Å²) in [5.41, 5.74) is 6.79. The topological polar surface area (TPSA) is 108 Å². The Kier molecular flexibility index (Phi) is 4.49. The number of nitrogens with two attached hydrogens (primary N) is 1. The van der Waals surface area contributed by atoms with Crippen molar-refractivity contribution in [2.75, 3.05) is 6.61 Å². The highest BCUT2D eigenvalue weighted by Crippen LogP contribution is 2.16. The Morgan fingerprint density at radius 3 is 2.58 bits per heavy atom. The predicted octanol–water partition coefficient (Wildman–Crippen LogP) is -0.975. The van der Waals surface area contributed by atoms with Crippen LogP contribution in [0, 0.1) is 0 Å². The lowest BCUT2D eigenvalue weighted by Crippen LogP contribution is -2.52. The van der Waals surface area contributed by atoms with Crippen LogP contribution in [-0.4, -0.2) is 52.3 Å². The second-order valence-corrected chi connectivity index (χ2v) is 4.56. The Morgan fingerprint density at radius 1 is 1.21 bits per heavy atom. The summed E-state index contributed by atoms with van der Waals surface area (Å²) in [7, 11) is 0. The zero-order chi connectivity index (χ0) is 13.8. The van der Waals surface area contributed by atoms with E-state index in [2.05, 4.69) is 4.99 Å². The molecule has 0 spiro atoms. The largest absolute Gasteiger partial charge is 0.388 e. The number of aliphatic hydroxyl groups is 3. The third kappa shape index (κ3) is 3.51. The van der Waals surface area contributed by atoms with Crippen molar-refractivity contribution in [3.8, 4) is 0 Å². The maximum Gasteiger partial charge on any atom is 0.178 e. The van der Waals surface area contributed by atoms with E-state index in [4.69, 9.17) is 10.5 Å². The van der Waals surface area contributed by atoms with Gasteiger partial charge in [-0.15, -0.1) is 0 Å². The molecule has 0 aromatic heterocycles. The number of benzene rings is 1. The summed E-state index contributed by atoms with van der Waals surface area (Å²) < 4.78 is 5.15.